The first-order valence-corrected chi connectivity index (χ1v) is 6.36. The summed E-state index contributed by atoms with van der Waals surface area (Å²) in [5.74, 6) is -2.06. The Bertz CT molecular complexity index is 438. The van der Waals surface area contributed by atoms with E-state index < -0.39 is 34.9 Å². The van der Waals surface area contributed by atoms with Gasteiger partial charge in [-0.3, -0.25) is 9.35 Å². The highest BCUT2D eigenvalue weighted by atomic mass is 32.3. The van der Waals surface area contributed by atoms with E-state index in [0.29, 0.717) is 0 Å². The molecule has 0 spiro atoms. The first-order chi connectivity index (χ1) is 8.80. The van der Waals surface area contributed by atoms with Crippen molar-refractivity contribution in [3.8, 4) is 0 Å². The van der Waals surface area contributed by atoms with Gasteiger partial charge in [0.15, 0.2) is 6.10 Å². The molecule has 0 saturated carbocycles. The minimum atomic E-state index is -4.91. The van der Waals surface area contributed by atoms with Crippen LogP contribution in [0.2, 0.25) is 0 Å². The van der Waals surface area contributed by atoms with Crippen molar-refractivity contribution < 1.29 is 36.2 Å². The Morgan fingerprint density at radius 3 is 2.16 bits per heavy atom. The topological polar surface area (TPSA) is 116 Å². The van der Waals surface area contributed by atoms with Gasteiger partial charge in [-0.15, -0.1) is 0 Å². The highest BCUT2D eigenvalue weighted by Crippen LogP contribution is 2.07. The maximum atomic E-state index is 11.4. The van der Waals surface area contributed by atoms with Gasteiger partial charge in [0.1, 0.15) is 13.2 Å². The number of esters is 2. The Morgan fingerprint density at radius 2 is 1.68 bits per heavy atom. The molecule has 0 aromatic carbocycles. The first-order valence-electron chi connectivity index (χ1n) is 5.00. The molecule has 0 saturated heterocycles. The monoisotopic (exact) mass is 294 g/mol. The summed E-state index contributed by atoms with van der Waals surface area (Å²) in [4.78, 5) is 22.6. The molecule has 0 aliphatic carbocycles. The molecule has 8 nitrogen and oxygen atoms in total. The molecule has 1 unspecified atom stereocenters. The van der Waals surface area contributed by atoms with Crippen molar-refractivity contribution in [3.05, 3.63) is 25.3 Å². The van der Waals surface area contributed by atoms with Crippen LogP contribution < -0.4 is 0 Å². The molecule has 0 aliphatic rings. The maximum Gasteiger partial charge on any atom is 0.398 e. The van der Waals surface area contributed by atoms with E-state index in [-0.39, 0.29) is 13.2 Å². The van der Waals surface area contributed by atoms with Crippen LogP contribution in [-0.4, -0.2) is 44.2 Å². The van der Waals surface area contributed by atoms with Crippen molar-refractivity contribution in [2.24, 2.45) is 0 Å². The van der Waals surface area contributed by atoms with Gasteiger partial charge in [-0.25, -0.2) is 8.98 Å². The highest BCUT2D eigenvalue weighted by molar-refractivity contribution is 7.80. The Hall–Kier alpha value is -1.71. The molecule has 0 amide bonds. The third kappa shape index (κ3) is 8.94. The number of hydrogen-bond donors (Lipinski definition) is 1. The molecule has 0 aromatic rings. The lowest BCUT2D eigenvalue weighted by molar-refractivity contribution is -0.157. The van der Waals surface area contributed by atoms with Gasteiger partial charge in [-0.05, 0) is 0 Å². The van der Waals surface area contributed by atoms with Crippen LogP contribution in [0.15, 0.2) is 25.3 Å². The number of carbonyl (C=O) groups excluding carboxylic acids is 2. The SMILES string of the molecule is C=CCOC(=O)CC(OS(=O)(=O)O)C(=O)OCC=C. The van der Waals surface area contributed by atoms with E-state index in [0.717, 1.165) is 0 Å². The van der Waals surface area contributed by atoms with E-state index in [1.165, 1.54) is 12.2 Å². The third-order valence-electron chi connectivity index (χ3n) is 1.56. The van der Waals surface area contributed by atoms with E-state index in [2.05, 4.69) is 26.8 Å². The lowest BCUT2D eigenvalue weighted by atomic mass is 10.2. The minimum absolute atomic E-state index is 0.112. The Labute approximate surface area is 110 Å². The van der Waals surface area contributed by atoms with E-state index in [1.54, 1.807) is 0 Å². The van der Waals surface area contributed by atoms with Gasteiger partial charge >= 0.3 is 22.3 Å². The molecule has 0 heterocycles. The van der Waals surface area contributed by atoms with Gasteiger partial charge in [-0.1, -0.05) is 25.3 Å². The average molecular weight is 294 g/mol. The average Bonchev–Trinajstić information content (AvgIpc) is 2.30. The zero-order valence-electron chi connectivity index (χ0n) is 9.98. The fraction of sp³-hybridized carbons (Fsp3) is 0.400. The molecular formula is C10H14O8S. The van der Waals surface area contributed by atoms with E-state index in [9.17, 15) is 18.0 Å². The molecule has 108 valence electrons. The van der Waals surface area contributed by atoms with Crippen molar-refractivity contribution in [1.29, 1.82) is 0 Å². The van der Waals surface area contributed by atoms with Gasteiger partial charge < -0.3 is 9.47 Å². The summed E-state index contributed by atoms with van der Waals surface area (Å²) >= 11 is 0. The zero-order chi connectivity index (χ0) is 14.9. The fourth-order valence-electron chi connectivity index (χ4n) is 0.900. The predicted octanol–water partition coefficient (Wildman–Crippen LogP) is 0.0229. The molecule has 0 radical (unpaired) electrons. The standard InChI is InChI=1S/C10H14O8S/c1-3-5-16-9(11)7-8(18-19(13,14)15)10(12)17-6-4-2/h3-4,8H,1-2,5-7H2,(H,13,14,15). The van der Waals surface area contributed by atoms with E-state index >= 15 is 0 Å². The minimum Gasteiger partial charge on any atom is -0.461 e. The third-order valence-corrected chi connectivity index (χ3v) is 2.03. The van der Waals surface area contributed by atoms with Crippen LogP contribution in [0.25, 0.3) is 0 Å². The van der Waals surface area contributed by atoms with Crippen LogP contribution in [0.1, 0.15) is 6.42 Å². The van der Waals surface area contributed by atoms with Crippen LogP contribution >= 0.6 is 0 Å². The molecule has 1 N–H and O–H groups in total. The van der Waals surface area contributed by atoms with Gasteiger partial charge in [0.05, 0.1) is 6.42 Å². The molecule has 0 aromatic heterocycles. The summed E-state index contributed by atoms with van der Waals surface area (Å²) in [5, 5.41) is 0. The molecular weight excluding hydrogens is 280 g/mol. The summed E-state index contributed by atoms with van der Waals surface area (Å²) in [6.07, 6.45) is -0.0403. The summed E-state index contributed by atoms with van der Waals surface area (Å²) < 4.78 is 42.7. The van der Waals surface area contributed by atoms with Crippen molar-refractivity contribution in [1.82, 2.24) is 0 Å². The van der Waals surface area contributed by atoms with Crippen LogP contribution in [0.3, 0.4) is 0 Å². The zero-order valence-corrected chi connectivity index (χ0v) is 10.8. The second-order valence-electron chi connectivity index (χ2n) is 3.11. The Kier molecular flexibility index (Phi) is 7.65. The van der Waals surface area contributed by atoms with Crippen molar-refractivity contribution in [2.45, 2.75) is 12.5 Å². The number of hydrogen-bond acceptors (Lipinski definition) is 7. The molecule has 0 bridgehead atoms. The Morgan fingerprint density at radius 1 is 1.16 bits per heavy atom. The predicted molar refractivity (Wildman–Crippen MR) is 63.4 cm³/mol. The van der Waals surface area contributed by atoms with E-state index in [4.69, 9.17) is 4.55 Å². The normalized spacial score (nSPS) is 12.3. The molecule has 0 aliphatic heterocycles. The van der Waals surface area contributed by atoms with Gasteiger partial charge in [0, 0.05) is 0 Å². The van der Waals surface area contributed by atoms with Gasteiger partial charge in [-0.2, -0.15) is 8.42 Å². The Balaban J connectivity index is 4.66. The number of ether oxygens (including phenoxy) is 2. The highest BCUT2D eigenvalue weighted by Gasteiger charge is 2.29. The summed E-state index contributed by atoms with van der Waals surface area (Å²) in [5.41, 5.74) is 0. The molecule has 9 heteroatoms. The van der Waals surface area contributed by atoms with Crippen LogP contribution in [0.4, 0.5) is 0 Å². The first kappa shape index (κ1) is 17.3. The van der Waals surface area contributed by atoms with Crippen molar-refractivity contribution in [3.63, 3.8) is 0 Å². The maximum absolute atomic E-state index is 11.4. The number of rotatable bonds is 9. The quantitative estimate of drug-likeness (QED) is 0.359. The fourth-order valence-corrected chi connectivity index (χ4v) is 1.34. The lowest BCUT2D eigenvalue weighted by Gasteiger charge is -2.13. The summed E-state index contributed by atoms with van der Waals surface area (Å²) in [6, 6.07) is 0. The van der Waals surface area contributed by atoms with Crippen molar-refractivity contribution in [2.75, 3.05) is 13.2 Å². The second-order valence-corrected chi connectivity index (χ2v) is 4.16. The van der Waals surface area contributed by atoms with E-state index in [1.807, 2.05) is 0 Å². The lowest BCUT2D eigenvalue weighted by Crippen LogP contribution is -2.32. The van der Waals surface area contributed by atoms with Gasteiger partial charge in [0.2, 0.25) is 0 Å². The van der Waals surface area contributed by atoms with Gasteiger partial charge in [0.25, 0.3) is 0 Å². The van der Waals surface area contributed by atoms with Crippen molar-refractivity contribution >= 4 is 22.3 Å². The molecule has 0 fully saturated rings. The smallest absolute Gasteiger partial charge is 0.398 e. The molecule has 0 rings (SSSR count). The van der Waals surface area contributed by atoms with Crippen LogP contribution in [0.5, 0.6) is 0 Å². The molecule has 19 heavy (non-hydrogen) atoms. The summed E-state index contributed by atoms with van der Waals surface area (Å²) in [7, 11) is -4.91. The number of carbonyl (C=O) groups is 2. The van der Waals surface area contributed by atoms with Crippen LogP contribution in [0, 0.1) is 0 Å². The molecule has 1 atom stereocenters. The summed E-state index contributed by atoms with van der Waals surface area (Å²) in [6.45, 7) is 6.26. The van der Waals surface area contributed by atoms with Crippen LogP contribution in [-0.2, 0) is 33.6 Å². The second kappa shape index (κ2) is 8.40. The largest absolute Gasteiger partial charge is 0.461 e.